The lowest BCUT2D eigenvalue weighted by Gasteiger charge is -2.35. The van der Waals surface area contributed by atoms with Crippen LogP contribution in [0, 0.1) is 11.8 Å². The Morgan fingerprint density at radius 3 is 2.40 bits per heavy atom. The maximum Gasteiger partial charge on any atom is 0.126 e. The van der Waals surface area contributed by atoms with E-state index >= 15 is 0 Å². The molecule has 4 heterocycles. The topological polar surface area (TPSA) is 69.2 Å². The molecule has 6 nitrogen and oxygen atoms in total. The molecule has 7 rings (SSSR count). The number of hydrogen-bond acceptors (Lipinski definition) is 5. The molecule has 3 atom stereocenters. The summed E-state index contributed by atoms with van der Waals surface area (Å²) in [5, 5.41) is 5.19. The predicted molar refractivity (Wildman–Crippen MR) is 115 cm³/mol. The number of nitrogens with zero attached hydrogens (tertiary/aromatic N) is 4. The van der Waals surface area contributed by atoms with E-state index in [4.69, 9.17) is 15.6 Å². The van der Waals surface area contributed by atoms with E-state index in [2.05, 4.69) is 26.7 Å². The van der Waals surface area contributed by atoms with Crippen molar-refractivity contribution in [1.29, 1.82) is 0 Å². The van der Waals surface area contributed by atoms with Crippen LogP contribution in [0.15, 0.2) is 18.3 Å². The fraction of sp³-hybridized carbons (Fsp3) is 0.667. The van der Waals surface area contributed by atoms with Crippen molar-refractivity contribution < 1.29 is 4.74 Å². The van der Waals surface area contributed by atoms with Gasteiger partial charge in [0, 0.05) is 36.5 Å². The number of anilines is 1. The van der Waals surface area contributed by atoms with Crippen molar-refractivity contribution in [3.05, 3.63) is 29.6 Å². The standard InChI is InChI=1S/C24H31N5O/c25-24-18(14-5-6-14)7-15(9-26-24)21-8-22(29(27-21)16-3-1-2-4-16)23-19-10-28(11-20(19)23)17-12-30-13-17/h7-9,14,16-17,19-20,23H,1-6,10-13H2,(H2,25,26)/t19-,20+,23?. The third kappa shape index (κ3) is 2.76. The van der Waals surface area contributed by atoms with Crippen molar-refractivity contribution >= 4 is 5.82 Å². The normalized spacial score (nSPS) is 31.8. The molecular formula is C24H31N5O. The molecule has 5 aliphatic rings. The van der Waals surface area contributed by atoms with Crippen LogP contribution in [0.5, 0.6) is 0 Å². The van der Waals surface area contributed by atoms with Crippen molar-refractivity contribution in [2.24, 2.45) is 11.8 Å². The van der Waals surface area contributed by atoms with Crippen LogP contribution < -0.4 is 5.73 Å². The molecule has 30 heavy (non-hydrogen) atoms. The van der Waals surface area contributed by atoms with Gasteiger partial charge in [-0.15, -0.1) is 0 Å². The van der Waals surface area contributed by atoms with E-state index < -0.39 is 0 Å². The highest BCUT2D eigenvalue weighted by atomic mass is 16.5. The Hall–Kier alpha value is -1.92. The van der Waals surface area contributed by atoms with Gasteiger partial charge in [-0.25, -0.2) is 4.98 Å². The number of hydrogen-bond donors (Lipinski definition) is 1. The molecule has 0 bridgehead atoms. The lowest BCUT2D eigenvalue weighted by Crippen LogP contribution is -2.48. The highest BCUT2D eigenvalue weighted by molar-refractivity contribution is 5.63. The molecule has 1 unspecified atom stereocenters. The predicted octanol–water partition coefficient (Wildman–Crippen LogP) is 3.56. The maximum absolute atomic E-state index is 6.17. The number of piperidine rings is 1. The summed E-state index contributed by atoms with van der Waals surface area (Å²) in [6.45, 7) is 4.34. The number of aromatic nitrogens is 3. The van der Waals surface area contributed by atoms with Gasteiger partial charge in [-0.2, -0.15) is 5.10 Å². The molecule has 2 aliphatic heterocycles. The second kappa shape index (κ2) is 6.54. The molecule has 0 amide bonds. The molecule has 5 fully saturated rings. The lowest BCUT2D eigenvalue weighted by atomic mass is 10.1. The summed E-state index contributed by atoms with van der Waals surface area (Å²) in [6, 6.07) is 5.91. The van der Waals surface area contributed by atoms with E-state index in [0.29, 0.717) is 29.7 Å². The smallest absolute Gasteiger partial charge is 0.126 e. The van der Waals surface area contributed by atoms with Crippen LogP contribution in [0.25, 0.3) is 11.3 Å². The third-order valence-electron chi connectivity index (χ3n) is 8.40. The summed E-state index contributed by atoms with van der Waals surface area (Å²) < 4.78 is 7.84. The van der Waals surface area contributed by atoms with Gasteiger partial charge in [0.15, 0.2) is 0 Å². The SMILES string of the molecule is Nc1ncc(-c2cc(C3[C@H]4CN(C5COC5)C[C@@H]34)n(C3CCCC3)n2)cc1C1CC1. The Morgan fingerprint density at radius 1 is 0.967 bits per heavy atom. The van der Waals surface area contributed by atoms with Crippen molar-refractivity contribution in [2.45, 2.75) is 62.4 Å². The molecule has 6 heteroatoms. The molecule has 0 spiro atoms. The number of pyridine rings is 1. The Labute approximate surface area is 177 Å². The van der Waals surface area contributed by atoms with Gasteiger partial charge in [0.25, 0.3) is 0 Å². The minimum absolute atomic E-state index is 0.579. The van der Waals surface area contributed by atoms with Gasteiger partial charge < -0.3 is 10.5 Å². The summed E-state index contributed by atoms with van der Waals surface area (Å²) in [5.74, 6) is 3.61. The third-order valence-corrected chi connectivity index (χ3v) is 8.40. The molecule has 2 N–H and O–H groups in total. The average molecular weight is 406 g/mol. The summed E-state index contributed by atoms with van der Waals surface area (Å²) in [6.07, 6.45) is 9.63. The Bertz CT molecular complexity index is 960. The fourth-order valence-electron chi connectivity index (χ4n) is 6.32. The van der Waals surface area contributed by atoms with Crippen LogP contribution in [-0.2, 0) is 4.74 Å². The van der Waals surface area contributed by atoms with Gasteiger partial charge in [-0.05, 0) is 61.1 Å². The van der Waals surface area contributed by atoms with Crippen molar-refractivity contribution in [2.75, 3.05) is 32.0 Å². The molecule has 2 aromatic heterocycles. The second-order valence-electron chi connectivity index (χ2n) is 10.3. The van der Waals surface area contributed by atoms with Crippen molar-refractivity contribution in [3.8, 4) is 11.3 Å². The van der Waals surface area contributed by atoms with Gasteiger partial charge in [0.05, 0.1) is 31.0 Å². The molecule has 0 radical (unpaired) electrons. The molecule has 0 aromatic carbocycles. The van der Waals surface area contributed by atoms with Crippen LogP contribution in [-0.4, -0.2) is 52.0 Å². The van der Waals surface area contributed by atoms with Gasteiger partial charge in [0.1, 0.15) is 5.82 Å². The highest BCUT2D eigenvalue weighted by Gasteiger charge is 2.59. The molecule has 2 saturated heterocycles. The Morgan fingerprint density at radius 2 is 1.73 bits per heavy atom. The summed E-state index contributed by atoms with van der Waals surface area (Å²) in [7, 11) is 0. The van der Waals surface area contributed by atoms with E-state index in [0.717, 1.165) is 36.3 Å². The largest absolute Gasteiger partial charge is 0.383 e. The highest BCUT2D eigenvalue weighted by Crippen LogP contribution is 2.59. The quantitative estimate of drug-likeness (QED) is 0.824. The number of fused-ring (bicyclic) bond motifs is 1. The molecule has 2 aromatic rings. The minimum Gasteiger partial charge on any atom is -0.383 e. The number of nitrogen functional groups attached to an aromatic ring is 1. The first-order valence-electron chi connectivity index (χ1n) is 11.9. The lowest BCUT2D eigenvalue weighted by molar-refractivity contribution is -0.0610. The number of ether oxygens (including phenoxy) is 1. The van der Waals surface area contributed by atoms with Crippen LogP contribution in [0.1, 0.15) is 67.7 Å². The van der Waals surface area contributed by atoms with Gasteiger partial charge >= 0.3 is 0 Å². The van der Waals surface area contributed by atoms with E-state index in [9.17, 15) is 0 Å². The summed E-state index contributed by atoms with van der Waals surface area (Å²) in [5.41, 5.74) is 11.1. The first-order valence-corrected chi connectivity index (χ1v) is 11.9. The first-order chi connectivity index (χ1) is 14.8. The Balaban J connectivity index is 1.20. The van der Waals surface area contributed by atoms with E-state index in [-0.39, 0.29) is 0 Å². The first kappa shape index (κ1) is 17.7. The zero-order valence-electron chi connectivity index (χ0n) is 17.5. The van der Waals surface area contributed by atoms with Gasteiger partial charge in [-0.1, -0.05) is 12.8 Å². The maximum atomic E-state index is 6.17. The minimum atomic E-state index is 0.579. The second-order valence-corrected chi connectivity index (χ2v) is 10.3. The number of rotatable bonds is 5. The van der Waals surface area contributed by atoms with E-state index in [1.54, 1.807) is 0 Å². The molecule has 3 saturated carbocycles. The summed E-state index contributed by atoms with van der Waals surface area (Å²) >= 11 is 0. The molecule has 3 aliphatic carbocycles. The number of nitrogens with two attached hydrogens (primary N) is 1. The van der Waals surface area contributed by atoms with Crippen LogP contribution in [0.2, 0.25) is 0 Å². The van der Waals surface area contributed by atoms with Gasteiger partial charge in [-0.3, -0.25) is 9.58 Å². The molecule has 158 valence electrons. The van der Waals surface area contributed by atoms with E-state index in [1.807, 2.05) is 6.20 Å². The zero-order valence-corrected chi connectivity index (χ0v) is 17.5. The van der Waals surface area contributed by atoms with Gasteiger partial charge in [0.2, 0.25) is 0 Å². The fourth-order valence-corrected chi connectivity index (χ4v) is 6.32. The zero-order chi connectivity index (χ0) is 19.8. The average Bonchev–Trinajstić information content (AvgIpc) is 3.43. The van der Waals surface area contributed by atoms with Crippen molar-refractivity contribution in [1.82, 2.24) is 19.7 Å². The van der Waals surface area contributed by atoms with Crippen molar-refractivity contribution in [3.63, 3.8) is 0 Å². The van der Waals surface area contributed by atoms with E-state index in [1.165, 1.54) is 62.9 Å². The Kier molecular flexibility index (Phi) is 3.86. The molecular weight excluding hydrogens is 374 g/mol. The monoisotopic (exact) mass is 405 g/mol. The van der Waals surface area contributed by atoms with Crippen LogP contribution >= 0.6 is 0 Å². The summed E-state index contributed by atoms with van der Waals surface area (Å²) in [4.78, 5) is 7.19. The van der Waals surface area contributed by atoms with Crippen LogP contribution in [0.4, 0.5) is 5.82 Å². The number of likely N-dealkylation sites (tertiary alicyclic amines) is 1. The van der Waals surface area contributed by atoms with Crippen LogP contribution in [0.3, 0.4) is 0 Å².